The minimum atomic E-state index is 0. The summed E-state index contributed by atoms with van der Waals surface area (Å²) in [4.78, 5) is 2.36. The predicted octanol–water partition coefficient (Wildman–Crippen LogP) is 6.79. The molecule has 1 aromatic carbocycles. The SMILES string of the molecule is Br.CCCCCCCCCCCC(c1ccccc1)N(C)C. The summed E-state index contributed by atoms with van der Waals surface area (Å²) in [5.41, 5.74) is 1.46. The van der Waals surface area contributed by atoms with Crippen LogP contribution in [0.3, 0.4) is 0 Å². The minimum Gasteiger partial charge on any atom is -0.302 e. The molecule has 0 saturated heterocycles. The van der Waals surface area contributed by atoms with Crippen LogP contribution in [-0.4, -0.2) is 19.0 Å². The molecule has 22 heavy (non-hydrogen) atoms. The summed E-state index contributed by atoms with van der Waals surface area (Å²) in [5, 5.41) is 0. The molecule has 1 aromatic rings. The average Bonchev–Trinajstić information content (AvgIpc) is 2.50. The molecule has 0 aliphatic rings. The fourth-order valence-electron chi connectivity index (χ4n) is 3.05. The molecule has 0 heterocycles. The number of rotatable bonds is 12. The Hall–Kier alpha value is -0.340. The summed E-state index contributed by atoms with van der Waals surface area (Å²) < 4.78 is 0. The van der Waals surface area contributed by atoms with Crippen LogP contribution in [-0.2, 0) is 0 Å². The third-order valence-electron chi connectivity index (χ3n) is 4.39. The van der Waals surface area contributed by atoms with E-state index in [2.05, 4.69) is 56.3 Å². The fraction of sp³-hybridized carbons (Fsp3) is 0.700. The largest absolute Gasteiger partial charge is 0.302 e. The second-order valence-electron chi connectivity index (χ2n) is 6.51. The van der Waals surface area contributed by atoms with Gasteiger partial charge in [0.05, 0.1) is 0 Å². The standard InChI is InChI=1S/C20H35N.BrH/c1-4-5-6-7-8-9-10-11-15-18-20(21(2)3)19-16-13-12-14-17-19;/h12-14,16-17,20H,4-11,15,18H2,1-3H3;1H. The van der Waals surface area contributed by atoms with Gasteiger partial charge in [-0.2, -0.15) is 0 Å². The van der Waals surface area contributed by atoms with Gasteiger partial charge in [0.25, 0.3) is 0 Å². The summed E-state index contributed by atoms with van der Waals surface area (Å²) in [6.45, 7) is 2.29. The number of halogens is 1. The third-order valence-corrected chi connectivity index (χ3v) is 4.39. The summed E-state index contributed by atoms with van der Waals surface area (Å²) in [7, 11) is 4.40. The van der Waals surface area contributed by atoms with Gasteiger partial charge in [-0.05, 0) is 26.1 Å². The Balaban J connectivity index is 0.00000441. The first-order valence-corrected chi connectivity index (χ1v) is 8.97. The molecule has 128 valence electrons. The molecule has 0 aliphatic heterocycles. The van der Waals surface area contributed by atoms with Gasteiger partial charge in [0.2, 0.25) is 0 Å². The van der Waals surface area contributed by atoms with E-state index in [0.29, 0.717) is 6.04 Å². The third kappa shape index (κ3) is 9.63. The fourth-order valence-corrected chi connectivity index (χ4v) is 3.05. The van der Waals surface area contributed by atoms with Crippen molar-refractivity contribution in [3.05, 3.63) is 35.9 Å². The Morgan fingerprint density at radius 1 is 0.773 bits per heavy atom. The molecule has 0 spiro atoms. The van der Waals surface area contributed by atoms with Crippen LogP contribution in [0.5, 0.6) is 0 Å². The Labute approximate surface area is 149 Å². The quantitative estimate of drug-likeness (QED) is 0.366. The van der Waals surface area contributed by atoms with Gasteiger partial charge in [0, 0.05) is 6.04 Å². The van der Waals surface area contributed by atoms with Crippen LogP contribution in [0.2, 0.25) is 0 Å². The van der Waals surface area contributed by atoms with Gasteiger partial charge < -0.3 is 4.90 Å². The van der Waals surface area contributed by atoms with E-state index in [4.69, 9.17) is 0 Å². The lowest BCUT2D eigenvalue weighted by Gasteiger charge is -2.24. The van der Waals surface area contributed by atoms with Crippen molar-refractivity contribution in [2.45, 2.75) is 77.2 Å². The smallest absolute Gasteiger partial charge is 0.0342 e. The zero-order valence-corrected chi connectivity index (χ0v) is 16.6. The summed E-state index contributed by atoms with van der Waals surface area (Å²) in [6.07, 6.45) is 14.0. The van der Waals surface area contributed by atoms with Crippen LogP contribution in [0.1, 0.15) is 82.7 Å². The molecule has 0 amide bonds. The Morgan fingerprint density at radius 3 is 1.77 bits per heavy atom. The molecule has 0 bridgehead atoms. The predicted molar refractivity (Wildman–Crippen MR) is 105 cm³/mol. The molecule has 2 heteroatoms. The van der Waals surface area contributed by atoms with Crippen molar-refractivity contribution in [3.8, 4) is 0 Å². The molecule has 0 saturated carbocycles. The molecule has 0 N–H and O–H groups in total. The van der Waals surface area contributed by atoms with Crippen molar-refractivity contribution in [2.75, 3.05) is 14.1 Å². The maximum atomic E-state index is 2.36. The van der Waals surface area contributed by atoms with Crippen molar-refractivity contribution in [1.29, 1.82) is 0 Å². The van der Waals surface area contributed by atoms with Crippen LogP contribution in [0.4, 0.5) is 0 Å². The summed E-state index contributed by atoms with van der Waals surface area (Å²) in [6, 6.07) is 11.5. The highest BCUT2D eigenvalue weighted by atomic mass is 79.9. The first-order chi connectivity index (χ1) is 10.3. The molecule has 1 nitrogen and oxygen atoms in total. The van der Waals surface area contributed by atoms with Gasteiger partial charge in [0.15, 0.2) is 0 Å². The monoisotopic (exact) mass is 369 g/mol. The van der Waals surface area contributed by atoms with Crippen molar-refractivity contribution in [2.24, 2.45) is 0 Å². The Kier molecular flexibility index (Phi) is 14.0. The lowest BCUT2D eigenvalue weighted by Crippen LogP contribution is -2.19. The van der Waals surface area contributed by atoms with Crippen molar-refractivity contribution >= 4 is 17.0 Å². The van der Waals surface area contributed by atoms with Gasteiger partial charge in [-0.3, -0.25) is 0 Å². The molecule has 0 aromatic heterocycles. The van der Waals surface area contributed by atoms with Gasteiger partial charge in [-0.25, -0.2) is 0 Å². The van der Waals surface area contributed by atoms with Gasteiger partial charge >= 0.3 is 0 Å². The molecule has 0 radical (unpaired) electrons. The zero-order valence-electron chi connectivity index (χ0n) is 14.9. The first-order valence-electron chi connectivity index (χ1n) is 8.97. The van der Waals surface area contributed by atoms with Crippen LogP contribution in [0, 0.1) is 0 Å². The van der Waals surface area contributed by atoms with Gasteiger partial charge in [-0.1, -0.05) is 95.0 Å². The number of hydrogen-bond donors (Lipinski definition) is 0. The van der Waals surface area contributed by atoms with E-state index >= 15 is 0 Å². The van der Waals surface area contributed by atoms with Crippen LogP contribution in [0.15, 0.2) is 30.3 Å². The lowest BCUT2D eigenvalue weighted by molar-refractivity contribution is 0.276. The lowest BCUT2D eigenvalue weighted by atomic mass is 9.98. The van der Waals surface area contributed by atoms with Crippen LogP contribution < -0.4 is 0 Å². The molecular weight excluding hydrogens is 334 g/mol. The molecular formula is C20H36BrN. The topological polar surface area (TPSA) is 3.24 Å². The molecule has 0 aliphatic carbocycles. The summed E-state index contributed by atoms with van der Waals surface area (Å²) >= 11 is 0. The van der Waals surface area contributed by atoms with Crippen molar-refractivity contribution in [3.63, 3.8) is 0 Å². The highest BCUT2D eigenvalue weighted by Crippen LogP contribution is 2.24. The van der Waals surface area contributed by atoms with E-state index in [-0.39, 0.29) is 17.0 Å². The van der Waals surface area contributed by atoms with E-state index in [1.807, 2.05) is 0 Å². The maximum absolute atomic E-state index is 2.36. The Morgan fingerprint density at radius 2 is 1.27 bits per heavy atom. The number of benzene rings is 1. The van der Waals surface area contributed by atoms with Gasteiger partial charge in [0.1, 0.15) is 0 Å². The second kappa shape index (κ2) is 14.3. The van der Waals surface area contributed by atoms with Gasteiger partial charge in [-0.15, -0.1) is 17.0 Å². The number of hydrogen-bond acceptors (Lipinski definition) is 1. The van der Waals surface area contributed by atoms with E-state index in [0.717, 1.165) is 0 Å². The normalized spacial score (nSPS) is 12.2. The average molecular weight is 370 g/mol. The number of nitrogens with zero attached hydrogens (tertiary/aromatic N) is 1. The van der Waals surface area contributed by atoms with E-state index in [1.54, 1.807) is 0 Å². The highest BCUT2D eigenvalue weighted by Gasteiger charge is 2.12. The van der Waals surface area contributed by atoms with E-state index in [9.17, 15) is 0 Å². The molecule has 0 fully saturated rings. The van der Waals surface area contributed by atoms with Crippen LogP contribution in [0.25, 0.3) is 0 Å². The molecule has 1 unspecified atom stereocenters. The molecule has 1 rings (SSSR count). The maximum Gasteiger partial charge on any atom is 0.0342 e. The minimum absolute atomic E-state index is 0. The second-order valence-corrected chi connectivity index (χ2v) is 6.51. The highest BCUT2D eigenvalue weighted by molar-refractivity contribution is 8.93. The van der Waals surface area contributed by atoms with E-state index < -0.39 is 0 Å². The molecule has 1 atom stereocenters. The van der Waals surface area contributed by atoms with Crippen molar-refractivity contribution < 1.29 is 0 Å². The number of unbranched alkanes of at least 4 members (excludes halogenated alkanes) is 8. The zero-order chi connectivity index (χ0) is 15.3. The van der Waals surface area contributed by atoms with Crippen molar-refractivity contribution in [1.82, 2.24) is 4.90 Å². The Bertz CT molecular complexity index is 337. The summed E-state index contributed by atoms with van der Waals surface area (Å²) in [5.74, 6) is 0. The van der Waals surface area contributed by atoms with Crippen LogP contribution >= 0.6 is 17.0 Å². The van der Waals surface area contributed by atoms with E-state index in [1.165, 1.54) is 69.8 Å². The first kappa shape index (κ1) is 21.7.